The average molecular weight is 237 g/mol. The minimum Gasteiger partial charge on any atom is -0.376 e. The van der Waals surface area contributed by atoms with Crippen molar-refractivity contribution >= 4 is 9.84 Å². The van der Waals surface area contributed by atoms with Crippen molar-refractivity contribution in [2.24, 2.45) is 0 Å². The molecule has 6 heteroatoms. The molecular weight excluding hydrogens is 218 g/mol. The van der Waals surface area contributed by atoms with E-state index in [1.165, 1.54) is 6.26 Å². The Labute approximate surface area is 91.1 Å². The smallest absolute Gasteiger partial charge is 0.147 e. The summed E-state index contributed by atoms with van der Waals surface area (Å²) in [6.07, 6.45) is 2.01. The van der Waals surface area contributed by atoms with Crippen LogP contribution in [0, 0.1) is 0 Å². The second kappa shape index (κ2) is 6.42. The molecule has 0 aromatic carbocycles. The molecule has 1 aliphatic rings. The van der Waals surface area contributed by atoms with Gasteiger partial charge in [0.1, 0.15) is 9.84 Å². The van der Waals surface area contributed by atoms with Crippen molar-refractivity contribution in [1.82, 2.24) is 5.32 Å². The van der Waals surface area contributed by atoms with Gasteiger partial charge in [-0.1, -0.05) is 0 Å². The van der Waals surface area contributed by atoms with E-state index in [9.17, 15) is 8.42 Å². The van der Waals surface area contributed by atoms with Gasteiger partial charge in [0.2, 0.25) is 0 Å². The summed E-state index contributed by atoms with van der Waals surface area (Å²) in [4.78, 5) is 0. The van der Waals surface area contributed by atoms with Gasteiger partial charge in [0.15, 0.2) is 0 Å². The van der Waals surface area contributed by atoms with Crippen molar-refractivity contribution in [1.29, 1.82) is 0 Å². The summed E-state index contributed by atoms with van der Waals surface area (Å²) >= 11 is 0. The molecule has 0 aromatic heterocycles. The fraction of sp³-hybridized carbons (Fsp3) is 1.00. The first-order chi connectivity index (χ1) is 7.08. The van der Waals surface area contributed by atoms with Crippen molar-refractivity contribution < 1.29 is 17.9 Å². The van der Waals surface area contributed by atoms with E-state index >= 15 is 0 Å². The van der Waals surface area contributed by atoms with Crippen LogP contribution in [0.3, 0.4) is 0 Å². The topological polar surface area (TPSA) is 64.6 Å². The van der Waals surface area contributed by atoms with Gasteiger partial charge < -0.3 is 14.8 Å². The Kier molecular flexibility index (Phi) is 5.52. The van der Waals surface area contributed by atoms with Crippen LogP contribution in [-0.4, -0.2) is 59.4 Å². The summed E-state index contributed by atoms with van der Waals surface area (Å²) in [6, 6.07) is 0. The summed E-state index contributed by atoms with van der Waals surface area (Å²) in [5.74, 6) is 0.238. The Morgan fingerprint density at radius 2 is 2.20 bits per heavy atom. The second-order valence-electron chi connectivity index (χ2n) is 3.76. The predicted octanol–water partition coefficient (Wildman–Crippen LogP) is -0.574. The minimum absolute atomic E-state index is 0.108. The number of ether oxygens (including phenoxy) is 2. The van der Waals surface area contributed by atoms with E-state index in [4.69, 9.17) is 9.47 Å². The predicted molar refractivity (Wildman–Crippen MR) is 57.8 cm³/mol. The lowest BCUT2D eigenvalue weighted by Gasteiger charge is -2.23. The molecule has 1 heterocycles. The lowest BCUT2D eigenvalue weighted by molar-refractivity contribution is -0.0862. The minimum atomic E-state index is -2.83. The Morgan fingerprint density at radius 3 is 2.80 bits per heavy atom. The molecule has 5 nitrogen and oxygen atoms in total. The molecule has 90 valence electrons. The molecule has 1 N–H and O–H groups in total. The molecule has 1 fully saturated rings. The summed E-state index contributed by atoms with van der Waals surface area (Å²) in [6.45, 7) is 3.37. The van der Waals surface area contributed by atoms with Crippen molar-refractivity contribution in [2.75, 3.05) is 44.9 Å². The second-order valence-corrected chi connectivity index (χ2v) is 6.02. The maximum absolute atomic E-state index is 10.8. The first-order valence-corrected chi connectivity index (χ1v) is 7.22. The number of hydrogen-bond donors (Lipinski definition) is 1. The highest BCUT2D eigenvalue weighted by molar-refractivity contribution is 7.90. The van der Waals surface area contributed by atoms with E-state index in [1.807, 2.05) is 0 Å². The van der Waals surface area contributed by atoms with Crippen molar-refractivity contribution in [2.45, 2.75) is 12.5 Å². The van der Waals surface area contributed by atoms with Crippen LogP contribution >= 0.6 is 0 Å². The Morgan fingerprint density at radius 1 is 1.40 bits per heavy atom. The Bertz CT molecular complexity index is 259. The fourth-order valence-electron chi connectivity index (χ4n) is 1.38. The third kappa shape index (κ3) is 6.83. The molecule has 0 amide bonds. The van der Waals surface area contributed by atoms with Crippen LogP contribution in [0.15, 0.2) is 0 Å². The third-order valence-electron chi connectivity index (χ3n) is 2.13. The van der Waals surface area contributed by atoms with E-state index in [-0.39, 0.29) is 11.9 Å². The van der Waals surface area contributed by atoms with Gasteiger partial charge in [0.05, 0.1) is 31.7 Å². The van der Waals surface area contributed by atoms with Crippen LogP contribution in [-0.2, 0) is 19.3 Å². The summed E-state index contributed by atoms with van der Waals surface area (Å²) < 4.78 is 32.3. The standard InChI is InChI=1S/C9H19NO4S/c1-15(11,12)6-2-3-10-7-9-8-13-4-5-14-9/h9-10H,2-8H2,1H3. The van der Waals surface area contributed by atoms with Crippen LogP contribution in [0.5, 0.6) is 0 Å². The summed E-state index contributed by atoms with van der Waals surface area (Å²) in [5.41, 5.74) is 0. The molecule has 1 rings (SSSR count). The van der Waals surface area contributed by atoms with E-state index in [0.717, 1.165) is 6.54 Å². The number of rotatable bonds is 6. The normalized spacial score (nSPS) is 22.9. The first kappa shape index (κ1) is 12.9. The van der Waals surface area contributed by atoms with E-state index < -0.39 is 9.84 Å². The van der Waals surface area contributed by atoms with Crippen molar-refractivity contribution in [3.8, 4) is 0 Å². The van der Waals surface area contributed by atoms with E-state index in [0.29, 0.717) is 32.8 Å². The zero-order valence-electron chi connectivity index (χ0n) is 9.07. The van der Waals surface area contributed by atoms with Gasteiger partial charge >= 0.3 is 0 Å². The number of hydrogen-bond acceptors (Lipinski definition) is 5. The molecule has 0 spiro atoms. The maximum Gasteiger partial charge on any atom is 0.147 e. The molecular formula is C9H19NO4S. The van der Waals surface area contributed by atoms with Crippen molar-refractivity contribution in [3.63, 3.8) is 0 Å². The zero-order chi connectivity index (χ0) is 11.1. The highest BCUT2D eigenvalue weighted by Gasteiger charge is 2.13. The highest BCUT2D eigenvalue weighted by Crippen LogP contribution is 1.98. The Hall–Kier alpha value is -0.170. The third-order valence-corrected chi connectivity index (χ3v) is 3.16. The summed E-state index contributed by atoms with van der Waals surface area (Å²) in [5, 5.41) is 3.16. The van der Waals surface area contributed by atoms with Crippen LogP contribution in [0.4, 0.5) is 0 Å². The van der Waals surface area contributed by atoms with E-state index in [2.05, 4.69) is 5.32 Å². The zero-order valence-corrected chi connectivity index (χ0v) is 9.88. The molecule has 0 aliphatic carbocycles. The molecule has 0 bridgehead atoms. The SMILES string of the molecule is CS(=O)(=O)CCCNCC1COCCO1. The number of nitrogens with one attached hydrogen (secondary N) is 1. The molecule has 1 saturated heterocycles. The lowest BCUT2D eigenvalue weighted by Crippen LogP contribution is -2.37. The summed E-state index contributed by atoms with van der Waals surface area (Å²) in [7, 11) is -2.83. The van der Waals surface area contributed by atoms with Crippen LogP contribution in [0.2, 0.25) is 0 Å². The van der Waals surface area contributed by atoms with Gasteiger partial charge in [-0.05, 0) is 13.0 Å². The van der Waals surface area contributed by atoms with Crippen LogP contribution < -0.4 is 5.32 Å². The van der Waals surface area contributed by atoms with Gasteiger partial charge in [0.25, 0.3) is 0 Å². The molecule has 15 heavy (non-hydrogen) atoms. The van der Waals surface area contributed by atoms with Crippen molar-refractivity contribution in [3.05, 3.63) is 0 Å². The molecule has 1 aliphatic heterocycles. The largest absolute Gasteiger partial charge is 0.376 e. The quantitative estimate of drug-likeness (QED) is 0.627. The average Bonchev–Trinajstić information content (AvgIpc) is 2.17. The monoisotopic (exact) mass is 237 g/mol. The highest BCUT2D eigenvalue weighted by atomic mass is 32.2. The molecule has 0 saturated carbocycles. The van der Waals surface area contributed by atoms with Gasteiger partial charge in [-0.15, -0.1) is 0 Å². The molecule has 0 radical (unpaired) electrons. The van der Waals surface area contributed by atoms with Crippen LogP contribution in [0.25, 0.3) is 0 Å². The van der Waals surface area contributed by atoms with Gasteiger partial charge in [-0.3, -0.25) is 0 Å². The van der Waals surface area contributed by atoms with Gasteiger partial charge in [-0.25, -0.2) is 8.42 Å². The fourth-order valence-corrected chi connectivity index (χ4v) is 2.05. The maximum atomic E-state index is 10.8. The first-order valence-electron chi connectivity index (χ1n) is 5.16. The van der Waals surface area contributed by atoms with Crippen LogP contribution in [0.1, 0.15) is 6.42 Å². The number of sulfone groups is 1. The lowest BCUT2D eigenvalue weighted by atomic mass is 10.3. The molecule has 1 atom stereocenters. The van der Waals surface area contributed by atoms with E-state index in [1.54, 1.807) is 0 Å². The van der Waals surface area contributed by atoms with Gasteiger partial charge in [0, 0.05) is 12.8 Å². The van der Waals surface area contributed by atoms with Gasteiger partial charge in [-0.2, -0.15) is 0 Å². The molecule has 0 aromatic rings. The Balaban J connectivity index is 1.96. The molecule has 1 unspecified atom stereocenters.